The van der Waals surface area contributed by atoms with Crippen molar-refractivity contribution in [1.29, 1.82) is 0 Å². The van der Waals surface area contributed by atoms with E-state index in [2.05, 4.69) is 97.7 Å². The molecule has 0 radical (unpaired) electrons. The van der Waals surface area contributed by atoms with Crippen LogP contribution in [0, 0.1) is 0 Å². The van der Waals surface area contributed by atoms with E-state index < -0.39 is 0 Å². The van der Waals surface area contributed by atoms with E-state index in [0.29, 0.717) is 24.5 Å². The fourth-order valence-corrected chi connectivity index (χ4v) is 9.48. The van der Waals surface area contributed by atoms with Gasteiger partial charge >= 0.3 is 0 Å². The van der Waals surface area contributed by atoms with E-state index in [1.54, 1.807) is 5.46 Å². The first kappa shape index (κ1) is 22.2. The SMILES string of the molecule is CC(C)c1cc(C(C)C)c(B2c3sc(Br)cc3Sc3cc(Br)sc32)c(C(C)C)c1. The molecule has 6 heteroatoms. The monoisotopic (exact) mass is 566 g/mol. The first-order valence-corrected chi connectivity index (χ1v) is 14.1. The van der Waals surface area contributed by atoms with E-state index in [1.165, 1.54) is 43.6 Å². The summed E-state index contributed by atoms with van der Waals surface area (Å²) in [5, 5.41) is 0. The molecule has 2 aromatic heterocycles. The van der Waals surface area contributed by atoms with Crippen LogP contribution in [0.25, 0.3) is 0 Å². The predicted octanol–water partition coefficient (Wildman–Crippen LogP) is 7.69. The highest BCUT2D eigenvalue weighted by molar-refractivity contribution is 9.11. The van der Waals surface area contributed by atoms with E-state index >= 15 is 0 Å². The van der Waals surface area contributed by atoms with Crippen molar-refractivity contribution in [1.82, 2.24) is 0 Å². The van der Waals surface area contributed by atoms with Gasteiger partial charge in [0.1, 0.15) is 0 Å². The molecule has 0 bridgehead atoms. The molecule has 1 aromatic carbocycles. The second kappa shape index (κ2) is 8.50. The van der Waals surface area contributed by atoms with Gasteiger partial charge in [-0.25, -0.2) is 0 Å². The standard InChI is InChI=1S/C23H25BBr2S3/c1-11(2)14-7-15(12(3)4)21(16(8-14)13(5)6)24-22-17(9-19(25)28-22)27-18-10-20(26)29-23(18)24/h7-13H,1-6H3. The zero-order valence-electron chi connectivity index (χ0n) is 17.6. The maximum Gasteiger partial charge on any atom is 0.270 e. The maximum absolute atomic E-state index is 3.76. The lowest BCUT2D eigenvalue weighted by Gasteiger charge is -2.29. The summed E-state index contributed by atoms with van der Waals surface area (Å²) in [4.78, 5) is 2.81. The predicted molar refractivity (Wildman–Crippen MR) is 142 cm³/mol. The Kier molecular flexibility index (Phi) is 6.51. The number of hydrogen-bond acceptors (Lipinski definition) is 3. The molecule has 0 aliphatic carbocycles. The van der Waals surface area contributed by atoms with Crippen molar-refractivity contribution in [2.45, 2.75) is 69.1 Å². The Bertz CT molecular complexity index is 987. The van der Waals surface area contributed by atoms with Gasteiger partial charge in [-0.1, -0.05) is 70.9 Å². The molecule has 4 rings (SSSR count). The quantitative estimate of drug-likeness (QED) is 0.228. The molecule has 1 aliphatic heterocycles. The molecule has 0 amide bonds. The van der Waals surface area contributed by atoms with E-state index in [1.807, 2.05) is 34.4 Å². The number of fused-ring (bicyclic) bond motifs is 2. The van der Waals surface area contributed by atoms with Crippen molar-refractivity contribution in [2.75, 3.05) is 0 Å². The van der Waals surface area contributed by atoms with E-state index in [0.717, 1.165) is 0 Å². The highest BCUT2D eigenvalue weighted by Crippen LogP contribution is 2.40. The van der Waals surface area contributed by atoms with Crippen molar-refractivity contribution in [3.05, 3.63) is 48.5 Å². The number of hydrogen-bond donors (Lipinski definition) is 0. The van der Waals surface area contributed by atoms with Crippen LogP contribution < -0.4 is 15.0 Å². The van der Waals surface area contributed by atoms with Gasteiger partial charge in [0.25, 0.3) is 6.71 Å². The van der Waals surface area contributed by atoms with E-state index in [-0.39, 0.29) is 0 Å². The molecule has 0 atom stereocenters. The van der Waals surface area contributed by atoms with Crippen molar-refractivity contribution >= 4 is 88.0 Å². The lowest BCUT2D eigenvalue weighted by atomic mass is 9.40. The van der Waals surface area contributed by atoms with Crippen LogP contribution in [0.15, 0.2) is 41.6 Å². The van der Waals surface area contributed by atoms with Crippen molar-refractivity contribution in [3.63, 3.8) is 0 Å². The van der Waals surface area contributed by atoms with Gasteiger partial charge in [0.2, 0.25) is 0 Å². The zero-order valence-corrected chi connectivity index (χ0v) is 23.2. The summed E-state index contributed by atoms with van der Waals surface area (Å²) in [6.45, 7) is 14.3. The molecule has 3 heterocycles. The number of rotatable bonds is 4. The van der Waals surface area contributed by atoms with Gasteiger partial charge in [-0.15, -0.1) is 22.7 Å². The molecule has 0 unspecified atom stereocenters. The summed E-state index contributed by atoms with van der Waals surface area (Å²) < 4.78 is 5.44. The molecular formula is C23H25BBr2S3. The topological polar surface area (TPSA) is 0 Å². The van der Waals surface area contributed by atoms with Crippen LogP contribution in [0.2, 0.25) is 0 Å². The van der Waals surface area contributed by atoms with Gasteiger partial charge in [0, 0.05) is 9.79 Å². The maximum atomic E-state index is 3.76. The second-order valence-corrected chi connectivity index (χ2v) is 14.7. The minimum absolute atomic E-state index is 0.324. The zero-order chi connectivity index (χ0) is 21.0. The van der Waals surface area contributed by atoms with Crippen LogP contribution in [0.1, 0.15) is 76.0 Å². The summed E-state index contributed by atoms with van der Waals surface area (Å²) in [5.74, 6) is 1.53. The van der Waals surface area contributed by atoms with Gasteiger partial charge in [0.05, 0.1) is 7.57 Å². The summed E-state index contributed by atoms with van der Waals surface area (Å²) in [7, 11) is 0. The summed E-state index contributed by atoms with van der Waals surface area (Å²) >= 11 is 13.3. The average Bonchev–Trinajstić information content (AvgIpc) is 3.18. The van der Waals surface area contributed by atoms with Crippen LogP contribution in [-0.2, 0) is 0 Å². The molecule has 0 fully saturated rings. The number of halogens is 2. The Morgan fingerprint density at radius 1 is 0.690 bits per heavy atom. The van der Waals surface area contributed by atoms with Crippen molar-refractivity contribution < 1.29 is 0 Å². The molecule has 152 valence electrons. The van der Waals surface area contributed by atoms with Crippen LogP contribution in [-0.4, -0.2) is 6.71 Å². The van der Waals surface area contributed by atoms with Crippen LogP contribution in [0.4, 0.5) is 0 Å². The minimum Gasteiger partial charge on any atom is -0.141 e. The molecule has 0 saturated heterocycles. The fourth-order valence-electron chi connectivity index (χ4n) is 4.12. The van der Waals surface area contributed by atoms with Gasteiger partial charge in [0.15, 0.2) is 0 Å². The Labute approximate surface area is 204 Å². The second-order valence-electron chi connectivity index (χ2n) is 8.67. The third-order valence-corrected chi connectivity index (χ3v) is 10.4. The van der Waals surface area contributed by atoms with Crippen molar-refractivity contribution in [3.8, 4) is 0 Å². The van der Waals surface area contributed by atoms with E-state index in [9.17, 15) is 0 Å². The summed E-state index contributed by atoms with van der Waals surface area (Å²) in [6.07, 6.45) is 0. The molecule has 0 nitrogen and oxygen atoms in total. The molecular weight excluding hydrogens is 543 g/mol. The lowest BCUT2D eigenvalue weighted by Crippen LogP contribution is -2.55. The van der Waals surface area contributed by atoms with Crippen LogP contribution >= 0.6 is 66.3 Å². The Morgan fingerprint density at radius 3 is 1.52 bits per heavy atom. The highest BCUT2D eigenvalue weighted by Gasteiger charge is 2.38. The average molecular weight is 568 g/mol. The Balaban J connectivity index is 2.06. The first-order valence-electron chi connectivity index (χ1n) is 10.1. The third kappa shape index (κ3) is 4.09. The van der Waals surface area contributed by atoms with Gasteiger partial charge in [-0.3, -0.25) is 0 Å². The highest BCUT2D eigenvalue weighted by atomic mass is 79.9. The molecule has 29 heavy (non-hydrogen) atoms. The summed E-state index contributed by atoms with van der Waals surface area (Å²) in [6, 6.07) is 9.59. The van der Waals surface area contributed by atoms with Crippen LogP contribution in [0.5, 0.6) is 0 Å². The van der Waals surface area contributed by atoms with Gasteiger partial charge in [-0.2, -0.15) is 0 Å². The van der Waals surface area contributed by atoms with E-state index in [4.69, 9.17) is 0 Å². The lowest BCUT2D eigenvalue weighted by molar-refractivity contribution is 0.812. The summed E-state index contributed by atoms with van der Waals surface area (Å²) in [5.41, 5.74) is 6.04. The molecule has 3 aromatic rings. The van der Waals surface area contributed by atoms with Gasteiger partial charge < -0.3 is 0 Å². The molecule has 0 spiro atoms. The molecule has 1 aliphatic rings. The first-order chi connectivity index (χ1) is 13.7. The largest absolute Gasteiger partial charge is 0.270 e. The van der Waals surface area contributed by atoms with Crippen molar-refractivity contribution in [2.24, 2.45) is 0 Å². The smallest absolute Gasteiger partial charge is 0.141 e. The normalized spacial score (nSPS) is 13.6. The fraction of sp³-hybridized carbons (Fsp3) is 0.391. The van der Waals surface area contributed by atoms with Gasteiger partial charge in [-0.05, 0) is 88.0 Å². The Morgan fingerprint density at radius 2 is 1.14 bits per heavy atom. The number of thiophene rings is 2. The Hall–Kier alpha value is -0.00506. The molecule has 0 N–H and O–H groups in total. The minimum atomic E-state index is 0.324. The number of benzene rings is 1. The third-order valence-electron chi connectivity index (χ3n) is 5.60. The molecule has 0 saturated carbocycles. The van der Waals surface area contributed by atoms with Crippen LogP contribution in [0.3, 0.4) is 0 Å².